The molecule has 0 fully saturated rings. The summed E-state index contributed by atoms with van der Waals surface area (Å²) in [7, 11) is 3.14. The minimum absolute atomic E-state index is 0.245. The van der Waals surface area contributed by atoms with E-state index in [9.17, 15) is 4.79 Å². The maximum Gasteiger partial charge on any atom is 0.235 e. The molecule has 1 amide bonds. The van der Waals surface area contributed by atoms with Crippen LogP contribution >= 0.6 is 0 Å². The van der Waals surface area contributed by atoms with Gasteiger partial charge in [-0.3, -0.25) is 4.79 Å². The van der Waals surface area contributed by atoms with Crippen LogP contribution in [-0.4, -0.2) is 47.4 Å². The number of carbonyl (C=O) groups excluding carboxylic acids is 1. The van der Waals surface area contributed by atoms with Gasteiger partial charge < -0.3 is 19.5 Å². The summed E-state index contributed by atoms with van der Waals surface area (Å²) in [5.74, 6) is 1.37. The lowest BCUT2D eigenvalue weighted by molar-refractivity contribution is -0.117. The second kappa shape index (κ2) is 9.54. The molecule has 0 aliphatic rings. The van der Waals surface area contributed by atoms with Crippen LogP contribution in [0.5, 0.6) is 17.2 Å². The Kier molecular flexibility index (Phi) is 6.62. The van der Waals surface area contributed by atoms with Gasteiger partial charge in [-0.15, -0.1) is 10.2 Å². The van der Waals surface area contributed by atoms with Gasteiger partial charge in [-0.2, -0.15) is 5.21 Å². The van der Waals surface area contributed by atoms with Gasteiger partial charge in [-0.05, 0) is 55.3 Å². The van der Waals surface area contributed by atoms with Crippen molar-refractivity contribution in [3.05, 3.63) is 53.9 Å². The quantitative estimate of drug-likeness (QED) is 0.571. The van der Waals surface area contributed by atoms with Crippen molar-refractivity contribution in [2.45, 2.75) is 19.3 Å². The molecule has 29 heavy (non-hydrogen) atoms. The summed E-state index contributed by atoms with van der Waals surface area (Å²) in [6.45, 7) is 2.50. The highest BCUT2D eigenvalue weighted by molar-refractivity contribution is 5.95. The Morgan fingerprint density at radius 1 is 1.10 bits per heavy atom. The van der Waals surface area contributed by atoms with Crippen LogP contribution < -0.4 is 19.5 Å². The molecule has 0 radical (unpaired) electrons. The Morgan fingerprint density at radius 3 is 2.48 bits per heavy atom. The van der Waals surface area contributed by atoms with Crippen LogP contribution in [0.1, 0.15) is 24.2 Å². The highest BCUT2D eigenvalue weighted by atomic mass is 16.5. The molecule has 2 N–H and O–H groups in total. The number of anilines is 1. The fourth-order valence-corrected chi connectivity index (χ4v) is 2.89. The van der Waals surface area contributed by atoms with Crippen LogP contribution in [0.3, 0.4) is 0 Å². The van der Waals surface area contributed by atoms with E-state index in [0.717, 1.165) is 11.3 Å². The molecule has 152 valence electrons. The van der Waals surface area contributed by atoms with E-state index in [1.165, 1.54) is 0 Å². The number of hydrogen-bond donors (Lipinski definition) is 2. The van der Waals surface area contributed by atoms with Crippen molar-refractivity contribution < 1.29 is 19.0 Å². The van der Waals surface area contributed by atoms with Gasteiger partial charge >= 0.3 is 0 Å². The van der Waals surface area contributed by atoms with Gasteiger partial charge in [0.25, 0.3) is 0 Å². The molecule has 3 rings (SSSR count). The number of methoxy groups -OCH3 is 2. The van der Waals surface area contributed by atoms with E-state index in [-0.39, 0.29) is 5.91 Å². The molecule has 9 nitrogen and oxygen atoms in total. The van der Waals surface area contributed by atoms with Crippen molar-refractivity contribution in [3.63, 3.8) is 0 Å². The maximum atomic E-state index is 13.0. The summed E-state index contributed by atoms with van der Waals surface area (Å²) in [5, 5.41) is 16.9. The average molecular weight is 397 g/mol. The molecule has 1 atom stereocenters. The van der Waals surface area contributed by atoms with E-state index in [1.807, 2.05) is 19.1 Å². The van der Waals surface area contributed by atoms with Gasteiger partial charge in [-0.25, -0.2) is 0 Å². The summed E-state index contributed by atoms with van der Waals surface area (Å²) >= 11 is 0. The molecule has 1 heterocycles. The third kappa shape index (κ3) is 5.01. The van der Waals surface area contributed by atoms with Gasteiger partial charge in [-0.1, -0.05) is 11.3 Å². The predicted molar refractivity (Wildman–Crippen MR) is 106 cm³/mol. The van der Waals surface area contributed by atoms with Gasteiger partial charge in [0.05, 0.1) is 20.8 Å². The number of amides is 1. The minimum atomic E-state index is -0.640. The van der Waals surface area contributed by atoms with Crippen molar-refractivity contribution in [2.24, 2.45) is 0 Å². The van der Waals surface area contributed by atoms with Gasteiger partial charge in [0.15, 0.2) is 17.3 Å². The monoisotopic (exact) mass is 397 g/mol. The van der Waals surface area contributed by atoms with Crippen molar-refractivity contribution >= 4 is 11.6 Å². The lowest BCUT2D eigenvalue weighted by atomic mass is 9.97. The molecule has 0 aliphatic carbocycles. The highest BCUT2D eigenvalue weighted by Crippen LogP contribution is 2.30. The number of aromatic amines is 1. The molecule has 9 heteroatoms. The summed E-state index contributed by atoms with van der Waals surface area (Å²) in [4.78, 5) is 13.0. The van der Waals surface area contributed by atoms with Crippen molar-refractivity contribution in [1.29, 1.82) is 0 Å². The Balaban J connectivity index is 1.79. The number of tetrazole rings is 1. The number of ether oxygens (including phenoxy) is 3. The average Bonchev–Trinajstić information content (AvgIpc) is 3.27. The first-order chi connectivity index (χ1) is 14.1. The predicted octanol–water partition coefficient (Wildman–Crippen LogP) is 2.58. The first-order valence-electron chi connectivity index (χ1n) is 9.12. The van der Waals surface area contributed by atoms with Crippen LogP contribution in [0.15, 0.2) is 42.5 Å². The smallest absolute Gasteiger partial charge is 0.235 e. The van der Waals surface area contributed by atoms with E-state index in [0.29, 0.717) is 36.0 Å². The first-order valence-corrected chi connectivity index (χ1v) is 9.12. The second-order valence-corrected chi connectivity index (χ2v) is 6.16. The Morgan fingerprint density at radius 2 is 1.86 bits per heavy atom. The molecule has 0 bridgehead atoms. The maximum absolute atomic E-state index is 13.0. The molecule has 0 saturated carbocycles. The molecule has 1 aromatic heterocycles. The van der Waals surface area contributed by atoms with Gasteiger partial charge in [0.1, 0.15) is 11.7 Å². The number of H-pyrrole nitrogens is 1. The molecule has 3 aromatic rings. The van der Waals surface area contributed by atoms with Crippen LogP contribution in [0, 0.1) is 0 Å². The van der Waals surface area contributed by atoms with Crippen LogP contribution in [0.25, 0.3) is 0 Å². The van der Waals surface area contributed by atoms with Crippen LogP contribution in [0.4, 0.5) is 5.69 Å². The number of rotatable bonds is 9. The Hall–Kier alpha value is -3.62. The second-order valence-electron chi connectivity index (χ2n) is 6.16. The topological polar surface area (TPSA) is 111 Å². The SMILES string of the molecule is CCOc1ccc(NC(=O)C(Cc2ccc(OC)c(OC)c2)c2nn[nH]n2)cc1. The number of aromatic nitrogens is 4. The summed E-state index contributed by atoms with van der Waals surface area (Å²) < 4.78 is 16.0. The summed E-state index contributed by atoms with van der Waals surface area (Å²) in [5.41, 5.74) is 1.53. The third-order valence-corrected chi connectivity index (χ3v) is 4.31. The molecule has 1 unspecified atom stereocenters. The molecule has 0 spiro atoms. The fourth-order valence-electron chi connectivity index (χ4n) is 2.89. The Labute approximate surface area is 168 Å². The van der Waals surface area contributed by atoms with E-state index in [2.05, 4.69) is 25.9 Å². The van der Waals surface area contributed by atoms with E-state index in [4.69, 9.17) is 14.2 Å². The van der Waals surface area contributed by atoms with E-state index in [1.54, 1.807) is 44.6 Å². The molecule has 0 aliphatic heterocycles. The number of nitrogens with zero attached hydrogens (tertiary/aromatic N) is 3. The standard InChI is InChI=1S/C20H23N5O4/c1-4-29-15-8-6-14(7-9-15)21-20(26)16(19-22-24-25-23-19)11-13-5-10-17(27-2)18(12-13)28-3/h5-10,12,16H,4,11H2,1-3H3,(H,21,26)(H,22,23,24,25). The first kappa shape index (κ1) is 20.1. The van der Waals surface area contributed by atoms with Crippen molar-refractivity contribution in [1.82, 2.24) is 20.6 Å². The highest BCUT2D eigenvalue weighted by Gasteiger charge is 2.26. The largest absolute Gasteiger partial charge is 0.494 e. The number of hydrogen-bond acceptors (Lipinski definition) is 7. The number of carbonyl (C=O) groups is 1. The zero-order valence-corrected chi connectivity index (χ0v) is 16.5. The third-order valence-electron chi connectivity index (χ3n) is 4.31. The lowest BCUT2D eigenvalue weighted by Gasteiger charge is -2.15. The number of benzene rings is 2. The van der Waals surface area contributed by atoms with Crippen molar-refractivity contribution in [2.75, 3.05) is 26.1 Å². The zero-order valence-electron chi connectivity index (χ0n) is 16.5. The van der Waals surface area contributed by atoms with Gasteiger partial charge in [0, 0.05) is 5.69 Å². The summed E-state index contributed by atoms with van der Waals surface area (Å²) in [6.07, 6.45) is 0.364. The van der Waals surface area contributed by atoms with Crippen LogP contribution in [-0.2, 0) is 11.2 Å². The molecule has 0 saturated heterocycles. The van der Waals surface area contributed by atoms with Crippen LogP contribution in [0.2, 0.25) is 0 Å². The normalized spacial score (nSPS) is 11.6. The summed E-state index contributed by atoms with van der Waals surface area (Å²) in [6, 6.07) is 12.7. The van der Waals surface area contributed by atoms with E-state index < -0.39 is 5.92 Å². The molecular weight excluding hydrogens is 374 g/mol. The zero-order chi connectivity index (χ0) is 20.6. The van der Waals surface area contributed by atoms with E-state index >= 15 is 0 Å². The molecular formula is C20H23N5O4. The fraction of sp³-hybridized carbons (Fsp3) is 0.300. The van der Waals surface area contributed by atoms with Gasteiger partial charge in [0.2, 0.25) is 5.91 Å². The minimum Gasteiger partial charge on any atom is -0.494 e. The Bertz CT molecular complexity index is 929. The molecule has 2 aromatic carbocycles. The van der Waals surface area contributed by atoms with Crippen molar-refractivity contribution in [3.8, 4) is 17.2 Å². The lowest BCUT2D eigenvalue weighted by Crippen LogP contribution is -2.24. The number of nitrogens with one attached hydrogen (secondary N) is 2.